The van der Waals surface area contributed by atoms with E-state index in [0.29, 0.717) is 0 Å². The maximum absolute atomic E-state index is 4.59. The highest BCUT2D eigenvalue weighted by atomic mass is 15.1. The molecule has 0 radical (unpaired) electrons. The molecule has 0 saturated carbocycles. The van der Waals surface area contributed by atoms with Crippen molar-refractivity contribution in [3.63, 3.8) is 0 Å². The SMILES string of the molecule is CN(C)C1(c2ccccc2)CC=C(c2[nH]c3ccccc3c2CCn2cnc3ccccc32)CC1.c1ccc2[nH]ccc2c1. The molecule has 8 rings (SSSR count). The van der Waals surface area contributed by atoms with Crippen LogP contribution in [0.1, 0.15) is 36.1 Å². The second-order valence-corrected chi connectivity index (χ2v) is 12.0. The van der Waals surface area contributed by atoms with Gasteiger partial charge >= 0.3 is 0 Å². The van der Waals surface area contributed by atoms with Gasteiger partial charge in [-0.3, -0.25) is 4.90 Å². The monoisotopic (exact) mass is 577 g/mol. The molecular weight excluding hydrogens is 538 g/mol. The number of aromatic amines is 2. The number of nitrogens with one attached hydrogen (secondary N) is 2. The molecule has 220 valence electrons. The van der Waals surface area contributed by atoms with E-state index in [0.717, 1.165) is 37.7 Å². The third kappa shape index (κ3) is 5.24. The van der Waals surface area contributed by atoms with Crippen LogP contribution in [-0.4, -0.2) is 38.5 Å². The zero-order valence-corrected chi connectivity index (χ0v) is 25.5. The van der Waals surface area contributed by atoms with Crippen LogP contribution in [0.3, 0.4) is 0 Å². The minimum absolute atomic E-state index is 0.0483. The van der Waals surface area contributed by atoms with Gasteiger partial charge in [0, 0.05) is 40.4 Å². The van der Waals surface area contributed by atoms with E-state index in [-0.39, 0.29) is 5.54 Å². The van der Waals surface area contributed by atoms with Crippen LogP contribution in [0, 0.1) is 0 Å². The Labute approximate surface area is 258 Å². The predicted molar refractivity (Wildman–Crippen MR) is 184 cm³/mol. The first-order chi connectivity index (χ1) is 21.6. The highest BCUT2D eigenvalue weighted by Gasteiger charge is 2.36. The Morgan fingerprint density at radius 2 is 1.57 bits per heavy atom. The zero-order chi connectivity index (χ0) is 29.9. The summed E-state index contributed by atoms with van der Waals surface area (Å²) in [6.07, 6.45) is 10.6. The van der Waals surface area contributed by atoms with E-state index in [4.69, 9.17) is 0 Å². The van der Waals surface area contributed by atoms with E-state index in [9.17, 15) is 0 Å². The number of allylic oxidation sites excluding steroid dienone is 1. The quantitative estimate of drug-likeness (QED) is 0.207. The van der Waals surface area contributed by atoms with Crippen LogP contribution in [0.4, 0.5) is 0 Å². The summed E-state index contributed by atoms with van der Waals surface area (Å²) in [5.74, 6) is 0. The number of hydrogen-bond acceptors (Lipinski definition) is 2. The van der Waals surface area contributed by atoms with Gasteiger partial charge in [-0.1, -0.05) is 84.9 Å². The fraction of sp³-hybridized carbons (Fsp3) is 0.205. The summed E-state index contributed by atoms with van der Waals surface area (Å²) in [5.41, 5.74) is 10.3. The second kappa shape index (κ2) is 12.0. The first kappa shape index (κ1) is 27.9. The Hall–Kier alpha value is -4.87. The molecule has 7 aromatic rings. The average Bonchev–Trinajstić information content (AvgIpc) is 3.81. The number of aromatic nitrogens is 4. The summed E-state index contributed by atoms with van der Waals surface area (Å²) in [7, 11) is 4.44. The van der Waals surface area contributed by atoms with Gasteiger partial charge in [0.15, 0.2) is 0 Å². The topological polar surface area (TPSA) is 52.6 Å². The fourth-order valence-corrected chi connectivity index (χ4v) is 6.89. The Morgan fingerprint density at radius 1 is 0.818 bits per heavy atom. The molecule has 44 heavy (non-hydrogen) atoms. The Bertz CT molecular complexity index is 2010. The third-order valence-electron chi connectivity index (χ3n) is 9.39. The normalized spacial score (nSPS) is 16.8. The van der Waals surface area contributed by atoms with Crippen LogP contribution < -0.4 is 0 Å². The molecule has 3 heterocycles. The average molecular weight is 578 g/mol. The Balaban J connectivity index is 0.000000296. The van der Waals surface area contributed by atoms with E-state index in [2.05, 4.69) is 142 Å². The minimum Gasteiger partial charge on any atom is -0.361 e. The van der Waals surface area contributed by atoms with E-state index in [1.807, 2.05) is 24.7 Å². The van der Waals surface area contributed by atoms with Crippen molar-refractivity contribution in [3.05, 3.63) is 145 Å². The van der Waals surface area contributed by atoms with Gasteiger partial charge in [-0.25, -0.2) is 4.98 Å². The number of aryl methyl sites for hydroxylation is 2. The van der Waals surface area contributed by atoms with Crippen molar-refractivity contribution in [1.29, 1.82) is 0 Å². The van der Waals surface area contributed by atoms with Crippen molar-refractivity contribution in [2.45, 2.75) is 37.8 Å². The van der Waals surface area contributed by atoms with Crippen LogP contribution >= 0.6 is 0 Å². The number of rotatable bonds is 6. The van der Waals surface area contributed by atoms with Gasteiger partial charge in [-0.05, 0) is 92.2 Å². The molecule has 0 amide bonds. The van der Waals surface area contributed by atoms with Gasteiger partial charge < -0.3 is 14.5 Å². The van der Waals surface area contributed by atoms with Crippen LogP contribution in [0.25, 0.3) is 38.4 Å². The number of benzene rings is 4. The molecule has 1 aliphatic rings. The van der Waals surface area contributed by atoms with Crippen LogP contribution in [-0.2, 0) is 18.5 Å². The summed E-state index contributed by atoms with van der Waals surface area (Å²) in [6.45, 7) is 0.911. The van der Waals surface area contributed by atoms with E-state index < -0.39 is 0 Å². The summed E-state index contributed by atoms with van der Waals surface area (Å²) in [5, 5.41) is 2.61. The van der Waals surface area contributed by atoms with Gasteiger partial charge in [-0.2, -0.15) is 0 Å². The first-order valence-corrected chi connectivity index (χ1v) is 15.6. The van der Waals surface area contributed by atoms with Crippen molar-refractivity contribution < 1.29 is 0 Å². The molecule has 1 aliphatic carbocycles. The maximum Gasteiger partial charge on any atom is 0.0958 e. The third-order valence-corrected chi connectivity index (χ3v) is 9.39. The summed E-state index contributed by atoms with van der Waals surface area (Å²) < 4.78 is 2.28. The van der Waals surface area contributed by atoms with E-state index in [1.165, 1.54) is 49.7 Å². The highest BCUT2D eigenvalue weighted by molar-refractivity contribution is 5.89. The standard InChI is InChI=1S/C31H32N4.C8H7N/c1-34(2)31(24-10-4-3-5-11-24)19-16-23(17-20-31)30-26(25-12-6-7-13-27(25)33-30)18-21-35-22-32-28-14-8-9-15-29(28)35;1-2-4-8-7(3-1)5-6-9-8/h3-16,22,33H,17-21H2,1-2H3;1-6,9H. The second-order valence-electron chi connectivity index (χ2n) is 12.0. The number of H-pyrrole nitrogens is 2. The molecule has 0 spiro atoms. The zero-order valence-electron chi connectivity index (χ0n) is 25.5. The van der Waals surface area contributed by atoms with Gasteiger partial charge in [0.1, 0.15) is 0 Å². The molecule has 0 aliphatic heterocycles. The summed E-state index contributed by atoms with van der Waals surface area (Å²) in [4.78, 5) is 13.9. The van der Waals surface area contributed by atoms with Crippen molar-refractivity contribution >= 4 is 38.4 Å². The number of fused-ring (bicyclic) bond motifs is 3. The van der Waals surface area contributed by atoms with E-state index in [1.54, 1.807) is 0 Å². The molecule has 1 unspecified atom stereocenters. The molecule has 0 fully saturated rings. The number of hydrogen-bond donors (Lipinski definition) is 2. The summed E-state index contributed by atoms with van der Waals surface area (Å²) in [6, 6.07) is 38.4. The van der Waals surface area contributed by atoms with Gasteiger partial charge in [-0.15, -0.1) is 0 Å². The maximum atomic E-state index is 4.59. The molecule has 5 nitrogen and oxygen atoms in total. The lowest BCUT2D eigenvalue weighted by molar-refractivity contribution is 0.138. The molecule has 2 N–H and O–H groups in total. The van der Waals surface area contributed by atoms with Gasteiger partial charge in [0.25, 0.3) is 0 Å². The van der Waals surface area contributed by atoms with Crippen molar-refractivity contribution in [3.8, 4) is 0 Å². The minimum atomic E-state index is 0.0483. The molecular formula is C39H39N5. The van der Waals surface area contributed by atoms with Gasteiger partial charge in [0.2, 0.25) is 0 Å². The molecule has 5 heteroatoms. The van der Waals surface area contributed by atoms with Gasteiger partial charge in [0.05, 0.1) is 17.4 Å². The smallest absolute Gasteiger partial charge is 0.0958 e. The van der Waals surface area contributed by atoms with Crippen LogP contribution in [0.5, 0.6) is 0 Å². The van der Waals surface area contributed by atoms with Crippen molar-refractivity contribution in [2.24, 2.45) is 0 Å². The highest BCUT2D eigenvalue weighted by Crippen LogP contribution is 2.43. The fourth-order valence-electron chi connectivity index (χ4n) is 6.89. The Kier molecular flexibility index (Phi) is 7.63. The first-order valence-electron chi connectivity index (χ1n) is 15.6. The van der Waals surface area contributed by atoms with E-state index >= 15 is 0 Å². The summed E-state index contributed by atoms with van der Waals surface area (Å²) >= 11 is 0. The molecule has 0 bridgehead atoms. The number of imidazole rings is 1. The van der Waals surface area contributed by atoms with Crippen molar-refractivity contribution in [2.75, 3.05) is 14.1 Å². The van der Waals surface area contributed by atoms with Crippen LogP contribution in [0.2, 0.25) is 0 Å². The molecule has 3 aromatic heterocycles. The molecule has 4 aromatic carbocycles. The molecule has 0 saturated heterocycles. The lowest BCUT2D eigenvalue weighted by Gasteiger charge is -2.43. The largest absolute Gasteiger partial charge is 0.361 e. The number of para-hydroxylation sites is 4. The lowest BCUT2D eigenvalue weighted by Crippen LogP contribution is -2.42. The lowest BCUT2D eigenvalue weighted by atomic mass is 9.75. The van der Waals surface area contributed by atoms with Crippen molar-refractivity contribution in [1.82, 2.24) is 24.4 Å². The number of nitrogens with zero attached hydrogens (tertiary/aromatic N) is 3. The molecule has 1 atom stereocenters. The Morgan fingerprint density at radius 3 is 2.36 bits per heavy atom. The predicted octanol–water partition coefficient (Wildman–Crippen LogP) is 8.95. The van der Waals surface area contributed by atoms with Crippen LogP contribution in [0.15, 0.2) is 128 Å².